The van der Waals surface area contributed by atoms with Crippen LogP contribution in [0.25, 0.3) is 0 Å². The zero-order valence-electron chi connectivity index (χ0n) is 12.8. The molecule has 0 bridgehead atoms. The van der Waals surface area contributed by atoms with E-state index in [9.17, 15) is 4.79 Å². The quantitative estimate of drug-likeness (QED) is 0.596. The summed E-state index contributed by atoms with van der Waals surface area (Å²) in [6, 6.07) is 1.93. The summed E-state index contributed by atoms with van der Waals surface area (Å²) < 4.78 is 1.79. The Morgan fingerprint density at radius 2 is 2.14 bits per heavy atom. The number of nitrogens with zero attached hydrogens (tertiary/aromatic N) is 4. The summed E-state index contributed by atoms with van der Waals surface area (Å²) >= 11 is 0. The van der Waals surface area contributed by atoms with E-state index < -0.39 is 0 Å². The average molecular weight is 292 g/mol. The molecule has 1 saturated heterocycles. The molecule has 1 aliphatic heterocycles. The first-order valence-electron chi connectivity index (χ1n) is 7.47. The van der Waals surface area contributed by atoms with Crippen LogP contribution >= 0.6 is 0 Å². The van der Waals surface area contributed by atoms with Crippen LogP contribution in [-0.4, -0.2) is 52.7 Å². The standard InChI is InChI=1S/C14H24N6O/c1-3-15-14(16-10-12-6-7-18-19(12)2)17-11-13(21)20-8-4-5-9-20/h6-7H,3-5,8-11H2,1-2H3,(H2,15,16,17). The summed E-state index contributed by atoms with van der Waals surface area (Å²) in [6.45, 7) is 5.34. The molecule has 21 heavy (non-hydrogen) atoms. The first-order chi connectivity index (χ1) is 10.2. The Balaban J connectivity index is 1.86. The van der Waals surface area contributed by atoms with Crippen LogP contribution in [0.5, 0.6) is 0 Å². The molecule has 0 radical (unpaired) electrons. The Kier molecular flexibility index (Phi) is 5.59. The van der Waals surface area contributed by atoms with E-state index >= 15 is 0 Å². The third-order valence-corrected chi connectivity index (χ3v) is 3.53. The lowest BCUT2D eigenvalue weighted by Crippen LogP contribution is -2.44. The number of aromatic nitrogens is 2. The lowest BCUT2D eigenvalue weighted by molar-refractivity contribution is -0.128. The van der Waals surface area contributed by atoms with Crippen molar-refractivity contribution < 1.29 is 4.79 Å². The predicted octanol–water partition coefficient (Wildman–Crippen LogP) is 0.0976. The monoisotopic (exact) mass is 292 g/mol. The minimum absolute atomic E-state index is 0.138. The first-order valence-corrected chi connectivity index (χ1v) is 7.47. The molecular formula is C14H24N6O. The van der Waals surface area contributed by atoms with Crippen LogP contribution in [0.15, 0.2) is 17.3 Å². The maximum absolute atomic E-state index is 12.0. The van der Waals surface area contributed by atoms with Gasteiger partial charge in [0.05, 0.1) is 18.8 Å². The van der Waals surface area contributed by atoms with Crippen LogP contribution in [0, 0.1) is 0 Å². The number of hydrogen-bond acceptors (Lipinski definition) is 3. The van der Waals surface area contributed by atoms with Crippen molar-refractivity contribution in [3.63, 3.8) is 0 Å². The van der Waals surface area contributed by atoms with Gasteiger partial charge in [-0.15, -0.1) is 0 Å². The number of rotatable bonds is 5. The van der Waals surface area contributed by atoms with E-state index in [0.29, 0.717) is 12.5 Å². The van der Waals surface area contributed by atoms with Crippen molar-refractivity contribution in [2.24, 2.45) is 12.0 Å². The van der Waals surface area contributed by atoms with Crippen molar-refractivity contribution in [2.45, 2.75) is 26.3 Å². The fourth-order valence-corrected chi connectivity index (χ4v) is 2.30. The van der Waals surface area contributed by atoms with E-state index in [1.165, 1.54) is 0 Å². The van der Waals surface area contributed by atoms with Gasteiger partial charge in [0.1, 0.15) is 0 Å². The number of likely N-dealkylation sites (tertiary alicyclic amines) is 1. The summed E-state index contributed by atoms with van der Waals surface area (Å²) in [5.74, 6) is 0.796. The molecule has 1 fully saturated rings. The molecule has 1 aromatic heterocycles. The minimum atomic E-state index is 0.138. The molecule has 116 valence electrons. The van der Waals surface area contributed by atoms with Gasteiger partial charge < -0.3 is 15.5 Å². The normalized spacial score (nSPS) is 15.3. The number of aliphatic imine (C=N–C) groups is 1. The third-order valence-electron chi connectivity index (χ3n) is 3.53. The van der Waals surface area contributed by atoms with Gasteiger partial charge in [-0.3, -0.25) is 9.48 Å². The van der Waals surface area contributed by atoms with Crippen molar-refractivity contribution >= 4 is 11.9 Å². The summed E-state index contributed by atoms with van der Waals surface area (Å²) in [5.41, 5.74) is 1.03. The van der Waals surface area contributed by atoms with Crippen LogP contribution in [0.2, 0.25) is 0 Å². The Morgan fingerprint density at radius 3 is 2.76 bits per heavy atom. The van der Waals surface area contributed by atoms with Crippen LogP contribution in [-0.2, 0) is 18.4 Å². The van der Waals surface area contributed by atoms with Gasteiger partial charge in [0.15, 0.2) is 5.96 Å². The SMILES string of the molecule is CCNC(=NCc1ccnn1C)NCC(=O)N1CCCC1. The number of carbonyl (C=O) groups excluding carboxylic acids is 1. The molecule has 0 saturated carbocycles. The molecule has 7 heteroatoms. The number of guanidine groups is 1. The van der Waals surface area contributed by atoms with Crippen LogP contribution in [0.4, 0.5) is 0 Å². The largest absolute Gasteiger partial charge is 0.357 e. The summed E-state index contributed by atoms with van der Waals surface area (Å²) in [7, 11) is 1.89. The molecule has 1 amide bonds. The summed E-state index contributed by atoms with van der Waals surface area (Å²) in [4.78, 5) is 18.4. The smallest absolute Gasteiger partial charge is 0.241 e. The molecule has 0 atom stereocenters. The molecule has 2 N–H and O–H groups in total. The molecule has 0 aliphatic carbocycles. The van der Waals surface area contributed by atoms with Crippen molar-refractivity contribution in [3.05, 3.63) is 18.0 Å². The topological polar surface area (TPSA) is 74.5 Å². The zero-order valence-corrected chi connectivity index (χ0v) is 12.8. The number of hydrogen-bond donors (Lipinski definition) is 2. The molecule has 0 unspecified atom stereocenters. The number of nitrogens with one attached hydrogen (secondary N) is 2. The highest BCUT2D eigenvalue weighted by Gasteiger charge is 2.17. The van der Waals surface area contributed by atoms with Gasteiger partial charge in [-0.25, -0.2) is 4.99 Å². The van der Waals surface area contributed by atoms with E-state index in [1.54, 1.807) is 10.9 Å². The van der Waals surface area contributed by atoms with E-state index in [1.807, 2.05) is 24.9 Å². The fourth-order valence-electron chi connectivity index (χ4n) is 2.30. The van der Waals surface area contributed by atoms with E-state index in [4.69, 9.17) is 0 Å². The van der Waals surface area contributed by atoms with Gasteiger partial charge in [0.2, 0.25) is 5.91 Å². The number of aryl methyl sites for hydroxylation is 1. The lowest BCUT2D eigenvalue weighted by Gasteiger charge is -2.17. The Morgan fingerprint density at radius 1 is 1.38 bits per heavy atom. The second-order valence-electron chi connectivity index (χ2n) is 5.08. The third kappa shape index (κ3) is 4.47. The van der Waals surface area contributed by atoms with Gasteiger partial charge in [0.25, 0.3) is 0 Å². The van der Waals surface area contributed by atoms with Gasteiger partial charge >= 0.3 is 0 Å². The van der Waals surface area contributed by atoms with Gasteiger partial charge in [0, 0.05) is 32.9 Å². The van der Waals surface area contributed by atoms with Gasteiger partial charge in [-0.05, 0) is 25.8 Å². The minimum Gasteiger partial charge on any atom is -0.357 e. The maximum atomic E-state index is 12.0. The molecule has 0 aromatic carbocycles. The highest BCUT2D eigenvalue weighted by Crippen LogP contribution is 2.06. The second kappa shape index (κ2) is 7.66. The lowest BCUT2D eigenvalue weighted by atomic mass is 10.4. The molecule has 2 rings (SSSR count). The van der Waals surface area contributed by atoms with Crippen LogP contribution < -0.4 is 10.6 Å². The highest BCUT2D eigenvalue weighted by atomic mass is 16.2. The van der Waals surface area contributed by atoms with Gasteiger partial charge in [-0.1, -0.05) is 0 Å². The fraction of sp³-hybridized carbons (Fsp3) is 0.643. The molecule has 1 aliphatic rings. The zero-order chi connectivity index (χ0) is 15.1. The second-order valence-corrected chi connectivity index (χ2v) is 5.08. The van der Waals surface area contributed by atoms with Crippen LogP contribution in [0.3, 0.4) is 0 Å². The van der Waals surface area contributed by atoms with Crippen molar-refractivity contribution in [1.29, 1.82) is 0 Å². The molecule has 0 spiro atoms. The molecule has 2 heterocycles. The van der Waals surface area contributed by atoms with Crippen LogP contribution in [0.1, 0.15) is 25.5 Å². The van der Waals surface area contributed by atoms with E-state index in [0.717, 1.165) is 38.2 Å². The van der Waals surface area contributed by atoms with E-state index in [-0.39, 0.29) is 12.5 Å². The Hall–Kier alpha value is -2.05. The van der Waals surface area contributed by atoms with Gasteiger partial charge in [-0.2, -0.15) is 5.10 Å². The highest BCUT2D eigenvalue weighted by molar-refractivity contribution is 5.86. The number of carbonyl (C=O) groups is 1. The first kappa shape index (κ1) is 15.3. The molecular weight excluding hydrogens is 268 g/mol. The van der Waals surface area contributed by atoms with Crippen molar-refractivity contribution in [1.82, 2.24) is 25.3 Å². The number of amides is 1. The summed E-state index contributed by atoms with van der Waals surface area (Å²) in [5, 5.41) is 10.4. The Bertz CT molecular complexity index is 489. The maximum Gasteiger partial charge on any atom is 0.241 e. The van der Waals surface area contributed by atoms with Crippen molar-refractivity contribution in [3.8, 4) is 0 Å². The summed E-state index contributed by atoms with van der Waals surface area (Å²) in [6.07, 6.45) is 3.98. The Labute approximate surface area is 125 Å². The van der Waals surface area contributed by atoms with E-state index in [2.05, 4.69) is 20.7 Å². The average Bonchev–Trinajstić information content (AvgIpc) is 3.13. The molecule has 1 aromatic rings. The molecule has 7 nitrogen and oxygen atoms in total. The predicted molar refractivity (Wildman–Crippen MR) is 81.8 cm³/mol. The van der Waals surface area contributed by atoms with Crippen molar-refractivity contribution in [2.75, 3.05) is 26.2 Å².